The molecule has 0 bridgehead atoms. The molecule has 28 heavy (non-hydrogen) atoms. The van der Waals surface area contributed by atoms with E-state index in [1.54, 1.807) is 0 Å². The molecule has 0 N–H and O–H groups in total. The van der Waals surface area contributed by atoms with Gasteiger partial charge in [0.25, 0.3) is 0 Å². The molecule has 0 radical (unpaired) electrons. The fourth-order valence-corrected chi connectivity index (χ4v) is 3.81. The maximum absolute atomic E-state index is 13.7. The van der Waals surface area contributed by atoms with E-state index in [1.165, 1.54) is 12.0 Å². The summed E-state index contributed by atoms with van der Waals surface area (Å²) in [4.78, 5) is 13.7. The Bertz CT molecular complexity index is 805. The van der Waals surface area contributed by atoms with Crippen molar-refractivity contribution in [2.24, 2.45) is 5.92 Å². The zero-order valence-electron chi connectivity index (χ0n) is 19.1. The number of rotatable bonds is 7. The fourth-order valence-electron chi connectivity index (χ4n) is 3.81. The highest BCUT2D eigenvalue weighted by atomic mass is 16.1. The Hall–Kier alpha value is -1.89. The summed E-state index contributed by atoms with van der Waals surface area (Å²) in [5, 5.41) is 0. The van der Waals surface area contributed by atoms with Crippen LogP contribution in [0.5, 0.6) is 0 Å². The van der Waals surface area contributed by atoms with Crippen LogP contribution in [-0.2, 0) is 5.41 Å². The SMILES string of the molecule is CC(C)CCC(C)c1ccc(C(C)(C)C)c(C(=O)c2ccccc2C(C)C)c1. The largest absolute Gasteiger partial charge is 0.289 e. The van der Waals surface area contributed by atoms with Gasteiger partial charge in [-0.1, -0.05) is 98.2 Å². The lowest BCUT2D eigenvalue weighted by Gasteiger charge is -2.25. The van der Waals surface area contributed by atoms with E-state index in [1.807, 2.05) is 18.2 Å². The molecule has 0 fully saturated rings. The molecule has 2 rings (SSSR count). The average molecular weight is 379 g/mol. The van der Waals surface area contributed by atoms with Crippen LogP contribution in [0.1, 0.15) is 113 Å². The Morgan fingerprint density at radius 2 is 1.50 bits per heavy atom. The molecule has 152 valence electrons. The van der Waals surface area contributed by atoms with E-state index in [9.17, 15) is 4.79 Å². The van der Waals surface area contributed by atoms with Gasteiger partial charge in [-0.05, 0) is 52.3 Å². The van der Waals surface area contributed by atoms with E-state index in [4.69, 9.17) is 0 Å². The van der Waals surface area contributed by atoms with Crippen molar-refractivity contribution in [3.63, 3.8) is 0 Å². The molecule has 0 saturated carbocycles. The van der Waals surface area contributed by atoms with Crippen LogP contribution in [0.25, 0.3) is 0 Å². The quantitative estimate of drug-likeness (QED) is 0.448. The first kappa shape index (κ1) is 22.4. The van der Waals surface area contributed by atoms with Gasteiger partial charge in [-0.3, -0.25) is 4.79 Å². The van der Waals surface area contributed by atoms with Gasteiger partial charge in [0.05, 0.1) is 0 Å². The normalized spacial score (nSPS) is 13.2. The van der Waals surface area contributed by atoms with Crippen molar-refractivity contribution < 1.29 is 4.79 Å². The van der Waals surface area contributed by atoms with E-state index in [-0.39, 0.29) is 11.2 Å². The third-order valence-corrected chi connectivity index (χ3v) is 5.67. The second kappa shape index (κ2) is 9.07. The van der Waals surface area contributed by atoms with Crippen molar-refractivity contribution in [2.45, 2.75) is 85.5 Å². The Labute approximate surface area is 172 Å². The number of carbonyl (C=O) groups is 1. The summed E-state index contributed by atoms with van der Waals surface area (Å²) in [5.74, 6) is 1.65. The van der Waals surface area contributed by atoms with Gasteiger partial charge in [0.15, 0.2) is 5.78 Å². The fraction of sp³-hybridized carbons (Fsp3) is 0.519. The van der Waals surface area contributed by atoms with Gasteiger partial charge in [-0.2, -0.15) is 0 Å². The molecule has 0 aliphatic carbocycles. The minimum atomic E-state index is -0.0720. The summed E-state index contributed by atoms with van der Waals surface area (Å²) < 4.78 is 0. The van der Waals surface area contributed by atoms with E-state index in [0.717, 1.165) is 28.7 Å². The first-order valence-corrected chi connectivity index (χ1v) is 10.8. The third-order valence-electron chi connectivity index (χ3n) is 5.67. The van der Waals surface area contributed by atoms with E-state index < -0.39 is 0 Å². The summed E-state index contributed by atoms with van der Waals surface area (Å²) in [6.07, 6.45) is 2.37. The van der Waals surface area contributed by atoms with Crippen LogP contribution in [0.3, 0.4) is 0 Å². The molecule has 2 aromatic rings. The Kier molecular flexibility index (Phi) is 7.26. The Balaban J connectivity index is 2.54. The highest BCUT2D eigenvalue weighted by molar-refractivity contribution is 6.11. The average Bonchev–Trinajstić information content (AvgIpc) is 2.64. The number of benzene rings is 2. The number of carbonyl (C=O) groups excluding carboxylic acids is 1. The minimum Gasteiger partial charge on any atom is -0.289 e. The van der Waals surface area contributed by atoms with Crippen LogP contribution in [0.2, 0.25) is 0 Å². The topological polar surface area (TPSA) is 17.1 Å². The number of ketones is 1. The monoisotopic (exact) mass is 378 g/mol. The number of hydrogen-bond donors (Lipinski definition) is 0. The summed E-state index contributed by atoms with van der Waals surface area (Å²) in [7, 11) is 0. The van der Waals surface area contributed by atoms with Gasteiger partial charge in [0, 0.05) is 11.1 Å². The van der Waals surface area contributed by atoms with Gasteiger partial charge in [-0.25, -0.2) is 0 Å². The Morgan fingerprint density at radius 1 is 0.857 bits per heavy atom. The van der Waals surface area contributed by atoms with Crippen molar-refractivity contribution >= 4 is 5.78 Å². The number of hydrogen-bond acceptors (Lipinski definition) is 1. The van der Waals surface area contributed by atoms with Crippen molar-refractivity contribution in [2.75, 3.05) is 0 Å². The molecule has 0 aromatic heterocycles. The van der Waals surface area contributed by atoms with Gasteiger partial charge in [0.2, 0.25) is 0 Å². The van der Waals surface area contributed by atoms with Crippen molar-refractivity contribution in [3.05, 3.63) is 70.3 Å². The minimum absolute atomic E-state index is 0.0720. The zero-order chi connectivity index (χ0) is 21.1. The van der Waals surface area contributed by atoms with Crippen LogP contribution in [0.15, 0.2) is 42.5 Å². The van der Waals surface area contributed by atoms with Gasteiger partial charge in [0.1, 0.15) is 0 Å². The standard InChI is InChI=1S/C27H38O/c1-18(2)13-14-20(5)21-15-16-25(27(6,7)8)24(17-21)26(28)23-12-10-9-11-22(23)19(3)4/h9-12,15-20H,13-14H2,1-8H3. The molecule has 0 aliphatic heterocycles. The molecule has 0 spiro atoms. The second-order valence-electron chi connectivity index (χ2n) is 10.00. The molecule has 1 heteroatoms. The second-order valence-corrected chi connectivity index (χ2v) is 10.00. The molecule has 1 atom stereocenters. The van der Waals surface area contributed by atoms with Crippen molar-refractivity contribution in [1.29, 1.82) is 0 Å². The van der Waals surface area contributed by atoms with Gasteiger partial charge < -0.3 is 0 Å². The molecular weight excluding hydrogens is 340 g/mol. The summed E-state index contributed by atoms with van der Waals surface area (Å²) >= 11 is 0. The molecule has 0 saturated heterocycles. The highest BCUT2D eigenvalue weighted by Crippen LogP contribution is 2.33. The molecule has 2 aromatic carbocycles. The van der Waals surface area contributed by atoms with E-state index >= 15 is 0 Å². The summed E-state index contributed by atoms with van der Waals surface area (Å²) in [6.45, 7) is 17.7. The smallest absolute Gasteiger partial charge is 0.193 e. The first-order valence-electron chi connectivity index (χ1n) is 10.8. The molecule has 1 unspecified atom stereocenters. The summed E-state index contributed by atoms with van der Waals surface area (Å²) in [5.41, 5.74) is 5.18. The van der Waals surface area contributed by atoms with Crippen LogP contribution in [-0.4, -0.2) is 5.78 Å². The molecule has 0 heterocycles. The first-order chi connectivity index (χ1) is 13.0. The predicted molar refractivity (Wildman–Crippen MR) is 122 cm³/mol. The van der Waals surface area contributed by atoms with Gasteiger partial charge >= 0.3 is 0 Å². The van der Waals surface area contributed by atoms with Crippen LogP contribution in [0, 0.1) is 5.92 Å². The summed E-state index contributed by atoms with van der Waals surface area (Å²) in [6, 6.07) is 14.7. The lowest BCUT2D eigenvalue weighted by atomic mass is 9.79. The molecule has 0 amide bonds. The Morgan fingerprint density at radius 3 is 2.07 bits per heavy atom. The van der Waals surface area contributed by atoms with E-state index in [0.29, 0.717) is 17.8 Å². The molecule has 0 aliphatic rings. The van der Waals surface area contributed by atoms with Crippen LogP contribution in [0.4, 0.5) is 0 Å². The van der Waals surface area contributed by atoms with E-state index in [2.05, 4.69) is 79.7 Å². The van der Waals surface area contributed by atoms with Crippen LogP contribution < -0.4 is 0 Å². The lowest BCUT2D eigenvalue weighted by Crippen LogP contribution is -2.19. The van der Waals surface area contributed by atoms with Gasteiger partial charge in [-0.15, -0.1) is 0 Å². The molecule has 1 nitrogen and oxygen atoms in total. The zero-order valence-corrected chi connectivity index (χ0v) is 19.1. The predicted octanol–water partition coefficient (Wildman–Crippen LogP) is 7.88. The highest BCUT2D eigenvalue weighted by Gasteiger charge is 2.25. The van der Waals surface area contributed by atoms with Crippen LogP contribution >= 0.6 is 0 Å². The van der Waals surface area contributed by atoms with Crippen molar-refractivity contribution in [1.82, 2.24) is 0 Å². The molecular formula is C27H38O. The third kappa shape index (κ3) is 5.34. The maximum Gasteiger partial charge on any atom is 0.193 e. The lowest BCUT2D eigenvalue weighted by molar-refractivity contribution is 0.103. The van der Waals surface area contributed by atoms with Crippen molar-refractivity contribution in [3.8, 4) is 0 Å². The maximum atomic E-state index is 13.7.